The third-order valence-electron chi connectivity index (χ3n) is 3.00. The highest BCUT2D eigenvalue weighted by Gasteiger charge is 2.22. The molecule has 0 aliphatic heterocycles. The average Bonchev–Trinajstić information content (AvgIpc) is 2.99. The molecular formula is C14H12N4O2S. The van der Waals surface area contributed by atoms with Crippen LogP contribution in [0.25, 0.3) is 11.4 Å². The van der Waals surface area contributed by atoms with Gasteiger partial charge in [-0.3, -0.25) is 9.97 Å². The standard InChI is InChI=1S/C14H12N4O2S/c1-11-14(16-10-9-15-11)13-7-8-17-18(13)21(19,20)12-5-3-2-4-6-12/h2-10H,1H3. The number of hydrogen-bond acceptors (Lipinski definition) is 5. The predicted molar refractivity (Wildman–Crippen MR) is 77.0 cm³/mol. The van der Waals surface area contributed by atoms with Gasteiger partial charge in [-0.2, -0.15) is 17.6 Å². The molecule has 0 unspecified atom stereocenters. The van der Waals surface area contributed by atoms with Crippen LogP contribution in [-0.4, -0.2) is 27.6 Å². The van der Waals surface area contributed by atoms with Gasteiger partial charge in [0.15, 0.2) is 0 Å². The van der Waals surface area contributed by atoms with Crippen molar-refractivity contribution in [3.63, 3.8) is 0 Å². The van der Waals surface area contributed by atoms with Gasteiger partial charge in [0.1, 0.15) is 11.4 Å². The van der Waals surface area contributed by atoms with Crippen molar-refractivity contribution in [3.8, 4) is 11.4 Å². The van der Waals surface area contributed by atoms with E-state index in [1.54, 1.807) is 37.4 Å². The van der Waals surface area contributed by atoms with Gasteiger partial charge in [-0.1, -0.05) is 18.2 Å². The number of hydrogen-bond donors (Lipinski definition) is 0. The van der Waals surface area contributed by atoms with Gasteiger partial charge in [0.25, 0.3) is 10.0 Å². The molecule has 0 fully saturated rings. The summed E-state index contributed by atoms with van der Waals surface area (Å²) in [7, 11) is -3.75. The second-order valence-electron chi connectivity index (χ2n) is 4.37. The van der Waals surface area contributed by atoms with Gasteiger partial charge in [0.05, 0.1) is 16.8 Å². The van der Waals surface area contributed by atoms with E-state index in [1.807, 2.05) is 0 Å². The van der Waals surface area contributed by atoms with Crippen LogP contribution in [0.15, 0.2) is 59.9 Å². The second-order valence-corrected chi connectivity index (χ2v) is 6.14. The summed E-state index contributed by atoms with van der Waals surface area (Å²) in [4.78, 5) is 8.51. The van der Waals surface area contributed by atoms with E-state index in [9.17, 15) is 8.42 Å². The fraction of sp³-hybridized carbons (Fsp3) is 0.0714. The molecule has 0 bridgehead atoms. The molecule has 6 nitrogen and oxygen atoms in total. The highest BCUT2D eigenvalue weighted by atomic mass is 32.2. The van der Waals surface area contributed by atoms with Crippen molar-refractivity contribution < 1.29 is 8.42 Å². The van der Waals surface area contributed by atoms with Crippen molar-refractivity contribution in [2.75, 3.05) is 0 Å². The molecule has 0 aliphatic carbocycles. The molecule has 0 saturated carbocycles. The van der Waals surface area contributed by atoms with Crippen molar-refractivity contribution in [1.29, 1.82) is 0 Å². The largest absolute Gasteiger partial charge is 0.283 e. The Bertz CT molecular complexity index is 873. The van der Waals surface area contributed by atoms with E-state index in [-0.39, 0.29) is 4.90 Å². The van der Waals surface area contributed by atoms with Gasteiger partial charge in [-0.25, -0.2) is 0 Å². The lowest BCUT2D eigenvalue weighted by Crippen LogP contribution is -2.16. The molecule has 0 amide bonds. The Morgan fingerprint density at radius 3 is 2.38 bits per heavy atom. The number of rotatable bonds is 3. The zero-order valence-corrected chi connectivity index (χ0v) is 12.0. The van der Waals surface area contributed by atoms with Crippen LogP contribution in [0.3, 0.4) is 0 Å². The summed E-state index contributed by atoms with van der Waals surface area (Å²) in [5.74, 6) is 0. The lowest BCUT2D eigenvalue weighted by Gasteiger charge is -2.09. The van der Waals surface area contributed by atoms with Gasteiger partial charge in [-0.15, -0.1) is 0 Å². The van der Waals surface area contributed by atoms with Crippen LogP contribution in [0.2, 0.25) is 0 Å². The lowest BCUT2D eigenvalue weighted by atomic mass is 10.2. The monoisotopic (exact) mass is 300 g/mol. The van der Waals surface area contributed by atoms with E-state index >= 15 is 0 Å². The molecule has 0 atom stereocenters. The molecule has 0 saturated heterocycles. The topological polar surface area (TPSA) is 77.7 Å². The van der Waals surface area contributed by atoms with E-state index in [0.29, 0.717) is 17.1 Å². The summed E-state index contributed by atoms with van der Waals surface area (Å²) < 4.78 is 26.3. The van der Waals surface area contributed by atoms with Crippen molar-refractivity contribution in [3.05, 3.63) is 60.7 Å². The van der Waals surface area contributed by atoms with Crippen LogP contribution in [-0.2, 0) is 10.0 Å². The van der Waals surface area contributed by atoms with Crippen molar-refractivity contribution in [2.24, 2.45) is 0 Å². The number of aromatic nitrogens is 4. The van der Waals surface area contributed by atoms with Gasteiger partial charge in [0, 0.05) is 12.4 Å². The van der Waals surface area contributed by atoms with Gasteiger partial charge < -0.3 is 0 Å². The Morgan fingerprint density at radius 2 is 1.67 bits per heavy atom. The molecule has 3 aromatic rings. The van der Waals surface area contributed by atoms with Crippen molar-refractivity contribution >= 4 is 10.0 Å². The average molecular weight is 300 g/mol. The van der Waals surface area contributed by atoms with Crippen LogP contribution >= 0.6 is 0 Å². The first-order valence-corrected chi connectivity index (χ1v) is 7.67. The predicted octanol–water partition coefficient (Wildman–Crippen LogP) is 1.89. The maximum Gasteiger partial charge on any atom is 0.283 e. The Labute approximate surface area is 122 Å². The molecule has 1 aromatic carbocycles. The minimum Gasteiger partial charge on any atom is -0.258 e. The fourth-order valence-electron chi connectivity index (χ4n) is 2.00. The quantitative estimate of drug-likeness (QED) is 0.738. The molecule has 106 valence electrons. The van der Waals surface area contributed by atoms with Crippen LogP contribution in [0, 0.1) is 6.92 Å². The van der Waals surface area contributed by atoms with Gasteiger partial charge in [-0.05, 0) is 25.1 Å². The van der Waals surface area contributed by atoms with E-state index in [1.165, 1.54) is 24.5 Å². The zero-order chi connectivity index (χ0) is 14.9. The first-order chi connectivity index (χ1) is 10.1. The third kappa shape index (κ3) is 2.31. The molecular weight excluding hydrogens is 288 g/mol. The van der Waals surface area contributed by atoms with E-state index in [2.05, 4.69) is 15.1 Å². The highest BCUT2D eigenvalue weighted by Crippen LogP contribution is 2.23. The Morgan fingerprint density at radius 1 is 0.952 bits per heavy atom. The third-order valence-corrected chi connectivity index (χ3v) is 4.62. The number of benzene rings is 1. The molecule has 2 aromatic heterocycles. The van der Waals surface area contributed by atoms with Crippen LogP contribution in [0.4, 0.5) is 0 Å². The van der Waals surface area contributed by atoms with Gasteiger partial charge in [0.2, 0.25) is 0 Å². The Hall–Kier alpha value is -2.54. The summed E-state index contributed by atoms with van der Waals surface area (Å²) in [5, 5.41) is 3.94. The summed E-state index contributed by atoms with van der Waals surface area (Å²) >= 11 is 0. The second kappa shape index (κ2) is 5.10. The zero-order valence-electron chi connectivity index (χ0n) is 11.2. The molecule has 0 radical (unpaired) electrons. The summed E-state index contributed by atoms with van der Waals surface area (Å²) in [5.41, 5.74) is 1.53. The molecule has 0 N–H and O–H groups in total. The number of nitrogens with zero attached hydrogens (tertiary/aromatic N) is 4. The first kappa shape index (κ1) is 13.4. The molecule has 21 heavy (non-hydrogen) atoms. The van der Waals surface area contributed by atoms with Crippen molar-refractivity contribution in [1.82, 2.24) is 19.2 Å². The molecule has 7 heteroatoms. The Balaban J connectivity index is 2.19. The summed E-state index contributed by atoms with van der Waals surface area (Å²) in [6.07, 6.45) is 4.52. The van der Waals surface area contributed by atoms with E-state index < -0.39 is 10.0 Å². The van der Waals surface area contributed by atoms with Crippen LogP contribution < -0.4 is 0 Å². The van der Waals surface area contributed by atoms with Crippen LogP contribution in [0.1, 0.15) is 5.69 Å². The van der Waals surface area contributed by atoms with Crippen LogP contribution in [0.5, 0.6) is 0 Å². The maximum absolute atomic E-state index is 12.7. The smallest absolute Gasteiger partial charge is 0.258 e. The first-order valence-electron chi connectivity index (χ1n) is 6.23. The SMILES string of the molecule is Cc1nccnc1-c1ccnn1S(=O)(=O)c1ccccc1. The Kier molecular flexibility index (Phi) is 3.26. The molecule has 0 spiro atoms. The van der Waals surface area contributed by atoms with Gasteiger partial charge >= 0.3 is 0 Å². The molecule has 0 aliphatic rings. The minimum atomic E-state index is -3.75. The number of aryl methyl sites for hydroxylation is 1. The fourth-order valence-corrected chi connectivity index (χ4v) is 3.29. The lowest BCUT2D eigenvalue weighted by molar-refractivity contribution is 0.580. The summed E-state index contributed by atoms with van der Waals surface area (Å²) in [6, 6.07) is 9.77. The molecule has 3 rings (SSSR count). The minimum absolute atomic E-state index is 0.177. The van der Waals surface area contributed by atoms with E-state index in [4.69, 9.17) is 0 Å². The molecule has 2 heterocycles. The summed E-state index contributed by atoms with van der Waals surface area (Å²) in [6.45, 7) is 1.77. The van der Waals surface area contributed by atoms with E-state index in [0.717, 1.165) is 4.09 Å². The highest BCUT2D eigenvalue weighted by molar-refractivity contribution is 7.90. The van der Waals surface area contributed by atoms with Crippen molar-refractivity contribution in [2.45, 2.75) is 11.8 Å². The normalized spacial score (nSPS) is 11.5. The maximum atomic E-state index is 12.7.